The average Bonchev–Trinajstić information content (AvgIpc) is 3.33. The maximum atomic E-state index is 13.3. The van der Waals surface area contributed by atoms with Gasteiger partial charge in [0, 0.05) is 6.54 Å². The molecule has 172 valence electrons. The van der Waals surface area contributed by atoms with Crippen molar-refractivity contribution in [3.63, 3.8) is 0 Å². The van der Waals surface area contributed by atoms with Crippen LogP contribution in [0.5, 0.6) is 23.0 Å². The van der Waals surface area contributed by atoms with Gasteiger partial charge in [0.25, 0.3) is 5.91 Å². The molecule has 0 aliphatic carbocycles. The third-order valence-corrected chi connectivity index (χ3v) is 5.45. The van der Waals surface area contributed by atoms with E-state index in [0.29, 0.717) is 35.2 Å². The Morgan fingerprint density at radius 3 is 2.76 bits per heavy atom. The van der Waals surface area contributed by atoms with Gasteiger partial charge in [-0.05, 0) is 53.6 Å². The van der Waals surface area contributed by atoms with Gasteiger partial charge in [-0.2, -0.15) is 0 Å². The normalized spacial score (nSPS) is 15.0. The van der Waals surface area contributed by atoms with Crippen LogP contribution in [0.1, 0.15) is 11.1 Å². The van der Waals surface area contributed by atoms with Gasteiger partial charge in [0.05, 0.1) is 12.8 Å². The van der Waals surface area contributed by atoms with E-state index in [1.165, 1.54) is 4.90 Å². The summed E-state index contributed by atoms with van der Waals surface area (Å²) in [6.07, 6.45) is 1.64. The lowest BCUT2D eigenvalue weighted by atomic mass is 10.1. The molecule has 0 aromatic heterocycles. The summed E-state index contributed by atoms with van der Waals surface area (Å²) in [5, 5.41) is 2.86. The first-order valence-corrected chi connectivity index (χ1v) is 10.7. The summed E-state index contributed by atoms with van der Waals surface area (Å²) in [4.78, 5) is 27.5. The summed E-state index contributed by atoms with van der Waals surface area (Å²) in [7, 11) is 1.58. The molecule has 0 unspecified atom stereocenters. The summed E-state index contributed by atoms with van der Waals surface area (Å²) in [6, 6.07) is 19.9. The van der Waals surface area contributed by atoms with Gasteiger partial charge in [0.15, 0.2) is 23.0 Å². The molecule has 2 aliphatic heterocycles. The van der Waals surface area contributed by atoms with E-state index in [0.717, 1.165) is 11.1 Å². The van der Waals surface area contributed by atoms with E-state index in [1.807, 2.05) is 36.4 Å². The maximum absolute atomic E-state index is 13.3. The Kier molecular flexibility index (Phi) is 5.78. The van der Waals surface area contributed by atoms with Gasteiger partial charge in [0.2, 0.25) is 12.7 Å². The van der Waals surface area contributed by atoms with Gasteiger partial charge < -0.3 is 24.3 Å². The Labute approximate surface area is 196 Å². The van der Waals surface area contributed by atoms with Gasteiger partial charge in [-0.25, -0.2) is 0 Å². The van der Waals surface area contributed by atoms with Gasteiger partial charge in [0.1, 0.15) is 12.3 Å². The molecule has 8 nitrogen and oxygen atoms in total. The first-order chi connectivity index (χ1) is 16.6. The Morgan fingerprint density at radius 1 is 1.03 bits per heavy atom. The number of benzene rings is 3. The van der Waals surface area contributed by atoms with Crippen molar-refractivity contribution in [1.29, 1.82) is 0 Å². The number of carbonyl (C=O) groups is 2. The second-order valence-electron chi connectivity index (χ2n) is 7.71. The van der Waals surface area contributed by atoms with Crippen LogP contribution in [-0.4, -0.2) is 32.3 Å². The fraction of sp³-hybridized carbons (Fsp3) is 0.154. The smallest absolute Gasteiger partial charge is 0.294 e. The lowest BCUT2D eigenvalue weighted by Gasteiger charge is -2.30. The molecule has 2 amide bonds. The molecule has 5 rings (SSSR count). The molecular formula is C26H22N2O6. The van der Waals surface area contributed by atoms with Crippen molar-refractivity contribution in [2.75, 3.05) is 25.3 Å². The predicted molar refractivity (Wildman–Crippen MR) is 125 cm³/mol. The molecule has 0 saturated heterocycles. The van der Waals surface area contributed by atoms with Crippen molar-refractivity contribution in [2.24, 2.45) is 0 Å². The van der Waals surface area contributed by atoms with Crippen LogP contribution in [0, 0.1) is 0 Å². The molecule has 0 fully saturated rings. The number of nitrogens with zero attached hydrogens (tertiary/aromatic N) is 1. The molecule has 0 bridgehead atoms. The molecule has 0 spiro atoms. The fourth-order valence-electron chi connectivity index (χ4n) is 3.75. The predicted octanol–water partition coefficient (Wildman–Crippen LogP) is 3.51. The lowest BCUT2D eigenvalue weighted by molar-refractivity contribution is -0.123. The van der Waals surface area contributed by atoms with E-state index < -0.39 is 5.91 Å². The number of methoxy groups -OCH3 is 1. The minimum absolute atomic E-state index is 0.121. The van der Waals surface area contributed by atoms with Gasteiger partial charge in [-0.3, -0.25) is 14.5 Å². The summed E-state index contributed by atoms with van der Waals surface area (Å²) >= 11 is 0. The van der Waals surface area contributed by atoms with E-state index in [4.69, 9.17) is 18.9 Å². The van der Waals surface area contributed by atoms with Crippen LogP contribution in [0.15, 0.2) is 72.5 Å². The second kappa shape index (κ2) is 9.19. The molecule has 0 saturated carbocycles. The van der Waals surface area contributed by atoms with Crippen molar-refractivity contribution in [2.45, 2.75) is 6.54 Å². The van der Waals surface area contributed by atoms with Crippen LogP contribution in [0.25, 0.3) is 6.08 Å². The molecule has 3 aromatic rings. The van der Waals surface area contributed by atoms with Crippen molar-refractivity contribution in [1.82, 2.24) is 5.32 Å². The van der Waals surface area contributed by atoms with Crippen LogP contribution in [0.4, 0.5) is 5.69 Å². The molecule has 2 aliphatic rings. The summed E-state index contributed by atoms with van der Waals surface area (Å²) in [6.45, 7) is 0.330. The van der Waals surface area contributed by atoms with Gasteiger partial charge in [-0.15, -0.1) is 0 Å². The number of nitrogens with one attached hydrogen (secondary N) is 1. The minimum Gasteiger partial charge on any atom is -0.497 e. The number of anilines is 1. The molecule has 34 heavy (non-hydrogen) atoms. The molecule has 2 heterocycles. The number of carbonyl (C=O) groups excluding carboxylic acids is 2. The van der Waals surface area contributed by atoms with Crippen LogP contribution < -0.4 is 29.2 Å². The molecule has 0 atom stereocenters. The van der Waals surface area contributed by atoms with Crippen LogP contribution >= 0.6 is 0 Å². The van der Waals surface area contributed by atoms with Crippen molar-refractivity contribution in [3.8, 4) is 23.0 Å². The highest BCUT2D eigenvalue weighted by Gasteiger charge is 2.31. The highest BCUT2D eigenvalue weighted by Crippen LogP contribution is 2.36. The SMILES string of the molecule is COc1cccc(/C=C2/Oc3ccccc3N(CC(=O)NCc3ccc4c(c3)OCO4)C2=O)c1. The fourth-order valence-corrected chi connectivity index (χ4v) is 3.75. The monoisotopic (exact) mass is 458 g/mol. The van der Waals surface area contributed by atoms with Gasteiger partial charge >= 0.3 is 0 Å². The quantitative estimate of drug-likeness (QED) is 0.569. The Balaban J connectivity index is 1.33. The highest BCUT2D eigenvalue weighted by molar-refractivity contribution is 6.12. The molecule has 0 radical (unpaired) electrons. The number of rotatable bonds is 6. The maximum Gasteiger partial charge on any atom is 0.294 e. The lowest BCUT2D eigenvalue weighted by Crippen LogP contribution is -2.44. The van der Waals surface area contributed by atoms with Crippen molar-refractivity contribution in [3.05, 3.63) is 83.6 Å². The van der Waals surface area contributed by atoms with Crippen molar-refractivity contribution < 1.29 is 28.5 Å². The number of hydrogen-bond acceptors (Lipinski definition) is 6. The number of ether oxygens (including phenoxy) is 4. The zero-order valence-corrected chi connectivity index (χ0v) is 18.4. The standard InChI is InChI=1S/C26H22N2O6/c1-31-19-6-4-5-17(11-19)12-24-26(30)28(20-7-2-3-8-21(20)34-24)15-25(29)27-14-18-9-10-22-23(13-18)33-16-32-22/h2-13H,14-16H2,1H3,(H,27,29)/b24-12+. The van der Waals surface area contributed by atoms with E-state index in [2.05, 4.69) is 5.32 Å². The third-order valence-electron chi connectivity index (χ3n) is 5.45. The summed E-state index contributed by atoms with van der Waals surface area (Å²) in [5.41, 5.74) is 2.15. The zero-order chi connectivity index (χ0) is 23.5. The Morgan fingerprint density at radius 2 is 1.88 bits per heavy atom. The third kappa shape index (κ3) is 4.38. The average molecular weight is 458 g/mol. The first kappa shape index (κ1) is 21.4. The zero-order valence-electron chi connectivity index (χ0n) is 18.4. The molecule has 3 aromatic carbocycles. The molecule has 1 N–H and O–H groups in total. The largest absolute Gasteiger partial charge is 0.497 e. The molecular weight excluding hydrogens is 436 g/mol. The first-order valence-electron chi connectivity index (χ1n) is 10.7. The van der Waals surface area contributed by atoms with Gasteiger partial charge in [-0.1, -0.05) is 30.3 Å². The highest BCUT2D eigenvalue weighted by atomic mass is 16.7. The van der Waals surface area contributed by atoms with Crippen LogP contribution in [-0.2, 0) is 16.1 Å². The Hall–Kier alpha value is -4.46. The van der Waals surface area contributed by atoms with E-state index in [-0.39, 0.29) is 25.0 Å². The summed E-state index contributed by atoms with van der Waals surface area (Å²) < 4.78 is 21.8. The van der Waals surface area contributed by atoms with E-state index >= 15 is 0 Å². The number of para-hydroxylation sites is 2. The second-order valence-corrected chi connectivity index (χ2v) is 7.71. The Bertz CT molecular complexity index is 1290. The van der Waals surface area contributed by atoms with Crippen LogP contribution in [0.3, 0.4) is 0 Å². The number of amides is 2. The number of fused-ring (bicyclic) bond motifs is 2. The van der Waals surface area contributed by atoms with Crippen molar-refractivity contribution >= 4 is 23.6 Å². The number of hydrogen-bond donors (Lipinski definition) is 1. The van der Waals surface area contributed by atoms with E-state index in [9.17, 15) is 9.59 Å². The summed E-state index contributed by atoms with van der Waals surface area (Å²) in [5.74, 6) is 1.91. The van der Waals surface area contributed by atoms with E-state index in [1.54, 1.807) is 43.5 Å². The topological polar surface area (TPSA) is 86.3 Å². The molecule has 8 heteroatoms. The van der Waals surface area contributed by atoms with Crippen LogP contribution in [0.2, 0.25) is 0 Å². The minimum atomic E-state index is -0.403.